The zero-order valence-electron chi connectivity index (χ0n) is 17.3. The Morgan fingerprint density at radius 3 is 2.73 bits per heavy atom. The normalized spacial score (nSPS) is 18.7. The number of rotatable bonds is 10. The van der Waals surface area contributed by atoms with E-state index in [-0.39, 0.29) is 28.2 Å². The Labute approximate surface area is 211 Å². The van der Waals surface area contributed by atoms with E-state index in [1.807, 2.05) is 36.4 Å². The molecule has 1 aromatic heterocycles. The maximum Gasteiger partial charge on any atom is 0.196 e. The third-order valence-corrected chi connectivity index (χ3v) is 6.87. The number of unbranched alkanes of at least 4 members (excludes halogenated alkanes) is 1. The molecular weight excluding hydrogens is 628 g/mol. The molecule has 4 nitrogen and oxygen atoms in total. The lowest BCUT2D eigenvalue weighted by Crippen LogP contribution is -2.30. The van der Waals surface area contributed by atoms with E-state index in [2.05, 4.69) is 64.3 Å². The van der Waals surface area contributed by atoms with Crippen LogP contribution in [-0.2, 0) is 11.2 Å². The zero-order chi connectivity index (χ0) is 20.8. The fourth-order valence-electron chi connectivity index (χ4n) is 3.44. The Bertz CT molecular complexity index is 922. The Morgan fingerprint density at radius 2 is 2.03 bits per heavy atom. The summed E-state index contributed by atoms with van der Waals surface area (Å²) in [5.74, 6) is 0.847. The van der Waals surface area contributed by atoms with Crippen LogP contribution in [0.2, 0.25) is 0 Å². The quantitative estimate of drug-likeness (QED) is 0.139. The number of hydrogen-bond acceptors (Lipinski definition) is 4. The number of aryl methyl sites for hydroxylation is 1. The van der Waals surface area contributed by atoms with Crippen LogP contribution in [0.25, 0.3) is 11.0 Å². The highest BCUT2D eigenvalue weighted by Crippen LogP contribution is 2.35. The number of hydrogen-bond donors (Lipinski definition) is 1. The molecule has 0 amide bonds. The van der Waals surface area contributed by atoms with Crippen molar-refractivity contribution < 1.29 is 13.9 Å². The van der Waals surface area contributed by atoms with Gasteiger partial charge in [-0.1, -0.05) is 67.1 Å². The van der Waals surface area contributed by atoms with Gasteiger partial charge in [0, 0.05) is 27.5 Å². The lowest BCUT2D eigenvalue weighted by Gasteiger charge is -2.25. The van der Waals surface area contributed by atoms with Crippen LogP contribution < -0.4 is 5.32 Å². The molecule has 1 N–H and O–H groups in total. The molecule has 0 saturated carbocycles. The maximum absolute atomic E-state index is 13.5. The molecule has 0 saturated heterocycles. The molecule has 1 heterocycles. The first-order chi connectivity index (χ1) is 14.1. The van der Waals surface area contributed by atoms with Crippen molar-refractivity contribution in [2.45, 2.75) is 43.1 Å². The Hall–Kier alpha value is -0.420. The number of para-hydroxylation sites is 1. The van der Waals surface area contributed by atoms with Crippen molar-refractivity contribution in [2.24, 2.45) is 0 Å². The van der Waals surface area contributed by atoms with Crippen LogP contribution in [0.5, 0.6) is 0 Å². The number of Topliss-reactive ketones (excluding diaryl/α,β-unsaturated/α-hetero) is 1. The molecule has 164 valence electrons. The van der Waals surface area contributed by atoms with Gasteiger partial charge in [-0.15, -0.1) is 12.4 Å². The van der Waals surface area contributed by atoms with Crippen LogP contribution in [0.1, 0.15) is 42.8 Å². The Morgan fingerprint density at radius 1 is 1.27 bits per heavy atom. The minimum absolute atomic E-state index is 0. The van der Waals surface area contributed by atoms with Crippen LogP contribution in [0, 0.1) is 0 Å². The van der Waals surface area contributed by atoms with Gasteiger partial charge in [-0.05, 0) is 47.7 Å². The molecule has 0 aliphatic heterocycles. The van der Waals surface area contributed by atoms with Crippen LogP contribution in [0.4, 0.5) is 0 Å². The molecule has 0 fully saturated rings. The highest BCUT2D eigenvalue weighted by Gasteiger charge is 2.29. The minimum atomic E-state index is -0.00735. The fourth-order valence-corrected chi connectivity index (χ4v) is 6.01. The number of benzene rings is 1. The molecule has 2 atom stereocenters. The molecule has 2 unspecified atom stereocenters. The highest BCUT2D eigenvalue weighted by molar-refractivity contribution is 14.1. The SMILES string of the molecule is CCCCc1oc2ccccc2c1C(=O)C1=CC(I)C(OCCNCC)C(I)=C1.Cl. The van der Waals surface area contributed by atoms with Gasteiger partial charge in [-0.3, -0.25) is 4.79 Å². The van der Waals surface area contributed by atoms with Gasteiger partial charge in [-0.25, -0.2) is 0 Å². The first-order valence-corrected chi connectivity index (χ1v) is 12.5. The second-order valence-corrected chi connectivity index (χ2v) is 9.75. The van der Waals surface area contributed by atoms with E-state index in [0.717, 1.165) is 63.8 Å². The largest absolute Gasteiger partial charge is 0.460 e. The van der Waals surface area contributed by atoms with Crippen LogP contribution in [0.3, 0.4) is 0 Å². The first kappa shape index (κ1) is 25.8. The summed E-state index contributed by atoms with van der Waals surface area (Å²) in [7, 11) is 0. The van der Waals surface area contributed by atoms with Crippen molar-refractivity contribution in [1.29, 1.82) is 0 Å². The molecule has 7 heteroatoms. The molecule has 2 aromatic rings. The van der Waals surface area contributed by atoms with Crippen molar-refractivity contribution >= 4 is 74.3 Å². The molecule has 1 aromatic carbocycles. The third-order valence-electron chi connectivity index (χ3n) is 4.93. The summed E-state index contributed by atoms with van der Waals surface area (Å²) in [5, 5.41) is 4.18. The topological polar surface area (TPSA) is 51.5 Å². The van der Waals surface area contributed by atoms with Gasteiger partial charge in [0.1, 0.15) is 17.4 Å². The highest BCUT2D eigenvalue weighted by atomic mass is 127. The average molecular weight is 656 g/mol. The summed E-state index contributed by atoms with van der Waals surface area (Å²) in [6.07, 6.45) is 6.85. The van der Waals surface area contributed by atoms with E-state index in [1.165, 1.54) is 0 Å². The monoisotopic (exact) mass is 655 g/mol. The number of carbonyl (C=O) groups excluding carboxylic acids is 1. The minimum Gasteiger partial charge on any atom is -0.460 e. The number of carbonyl (C=O) groups is 1. The van der Waals surface area contributed by atoms with E-state index in [9.17, 15) is 4.79 Å². The van der Waals surface area contributed by atoms with Crippen LogP contribution in [-0.4, -0.2) is 35.5 Å². The van der Waals surface area contributed by atoms with Crippen molar-refractivity contribution in [2.75, 3.05) is 19.7 Å². The average Bonchev–Trinajstić information content (AvgIpc) is 3.08. The molecule has 1 aliphatic carbocycles. The Kier molecular flexibility index (Phi) is 10.8. The maximum atomic E-state index is 13.5. The summed E-state index contributed by atoms with van der Waals surface area (Å²) >= 11 is 4.67. The van der Waals surface area contributed by atoms with E-state index in [1.54, 1.807) is 0 Å². The van der Waals surface area contributed by atoms with Gasteiger partial charge in [0.2, 0.25) is 0 Å². The van der Waals surface area contributed by atoms with Crippen molar-refractivity contribution in [3.63, 3.8) is 0 Å². The smallest absolute Gasteiger partial charge is 0.196 e. The molecular formula is C23H28ClI2NO3. The number of alkyl halides is 1. The van der Waals surface area contributed by atoms with E-state index in [4.69, 9.17) is 9.15 Å². The number of furan rings is 1. The van der Waals surface area contributed by atoms with E-state index in [0.29, 0.717) is 6.61 Å². The van der Waals surface area contributed by atoms with Gasteiger partial charge < -0.3 is 14.5 Å². The number of likely N-dealkylation sites (N-methyl/N-ethyl adjacent to an activating group) is 1. The molecule has 1 aliphatic rings. The Balaban J connectivity index is 0.00000320. The fraction of sp³-hybridized carbons (Fsp3) is 0.435. The number of ketones is 1. The molecule has 0 spiro atoms. The number of ether oxygens (including phenoxy) is 1. The lowest BCUT2D eigenvalue weighted by molar-refractivity contribution is 0.0921. The molecule has 30 heavy (non-hydrogen) atoms. The third kappa shape index (κ3) is 6.09. The number of fused-ring (bicyclic) bond motifs is 1. The summed E-state index contributed by atoms with van der Waals surface area (Å²) in [4.78, 5) is 13.5. The number of halogens is 3. The molecule has 3 rings (SSSR count). The van der Waals surface area contributed by atoms with Crippen molar-refractivity contribution in [1.82, 2.24) is 5.32 Å². The van der Waals surface area contributed by atoms with Gasteiger partial charge >= 0.3 is 0 Å². The summed E-state index contributed by atoms with van der Waals surface area (Å²) in [5.41, 5.74) is 2.23. The first-order valence-electron chi connectivity index (χ1n) is 10.2. The molecule has 0 bridgehead atoms. The van der Waals surface area contributed by atoms with Crippen LogP contribution >= 0.6 is 57.6 Å². The molecule has 0 radical (unpaired) electrons. The summed E-state index contributed by atoms with van der Waals surface area (Å²) < 4.78 is 13.3. The second kappa shape index (κ2) is 12.6. The summed E-state index contributed by atoms with van der Waals surface area (Å²) in [6, 6.07) is 7.82. The van der Waals surface area contributed by atoms with E-state index >= 15 is 0 Å². The van der Waals surface area contributed by atoms with E-state index < -0.39 is 0 Å². The van der Waals surface area contributed by atoms with Gasteiger partial charge in [0.05, 0.1) is 16.1 Å². The van der Waals surface area contributed by atoms with Gasteiger partial charge in [-0.2, -0.15) is 0 Å². The number of allylic oxidation sites excluding steroid dienone is 2. The van der Waals surface area contributed by atoms with Gasteiger partial charge in [0.25, 0.3) is 0 Å². The van der Waals surface area contributed by atoms with Crippen LogP contribution in [0.15, 0.2) is 50.0 Å². The zero-order valence-corrected chi connectivity index (χ0v) is 22.4. The summed E-state index contributed by atoms with van der Waals surface area (Å²) in [6.45, 7) is 6.66. The van der Waals surface area contributed by atoms with Crippen molar-refractivity contribution in [3.05, 3.63) is 56.9 Å². The number of nitrogens with one attached hydrogen (secondary N) is 1. The van der Waals surface area contributed by atoms with Crippen molar-refractivity contribution in [3.8, 4) is 0 Å². The predicted molar refractivity (Wildman–Crippen MR) is 143 cm³/mol. The second-order valence-electron chi connectivity index (χ2n) is 7.07. The predicted octanol–water partition coefficient (Wildman–Crippen LogP) is 6.44. The van der Waals surface area contributed by atoms with Gasteiger partial charge in [0.15, 0.2) is 5.78 Å². The standard InChI is InChI=1S/C23H27I2NO3.ClH/c1-3-5-9-20-21(16-8-6-7-10-19(16)29-20)22(27)15-13-17(24)23(18(25)14-15)28-12-11-26-4-2;/h6-8,10,13-14,17,23,26H,3-5,9,11-12H2,1-2H3;1H. The lowest BCUT2D eigenvalue weighted by atomic mass is 9.94.